The molecule has 6 rings (SSSR count). The fraction of sp³-hybridized carbons (Fsp3) is 0.111. The Kier molecular flexibility index (Phi) is 5.60. The van der Waals surface area contributed by atoms with Gasteiger partial charge in [0.05, 0.1) is 22.8 Å². The first-order chi connectivity index (χ1) is 18.4. The highest BCUT2D eigenvalue weighted by molar-refractivity contribution is 5.97. The van der Waals surface area contributed by atoms with Crippen molar-refractivity contribution in [3.05, 3.63) is 72.8 Å². The van der Waals surface area contributed by atoms with Crippen LogP contribution in [0.2, 0.25) is 0 Å². The molecule has 0 aliphatic rings. The summed E-state index contributed by atoms with van der Waals surface area (Å²) in [6.07, 6.45) is 5.91. The summed E-state index contributed by atoms with van der Waals surface area (Å²) in [5, 5.41) is 9.90. The Morgan fingerprint density at radius 2 is 1.84 bits per heavy atom. The molecule has 38 heavy (non-hydrogen) atoms. The van der Waals surface area contributed by atoms with Gasteiger partial charge in [0.2, 0.25) is 5.91 Å². The summed E-state index contributed by atoms with van der Waals surface area (Å²) < 4.78 is 30.5. The van der Waals surface area contributed by atoms with Gasteiger partial charge in [0, 0.05) is 41.2 Å². The topological polar surface area (TPSA) is 125 Å². The maximum absolute atomic E-state index is 16.0. The van der Waals surface area contributed by atoms with Crippen LogP contribution in [0.5, 0.6) is 0 Å². The molecule has 0 aliphatic heterocycles. The van der Waals surface area contributed by atoms with E-state index in [0.29, 0.717) is 33.5 Å². The lowest BCUT2D eigenvalue weighted by Gasteiger charge is -2.09. The lowest BCUT2D eigenvalue weighted by atomic mass is 10.1. The van der Waals surface area contributed by atoms with Crippen LogP contribution in [0.3, 0.4) is 0 Å². The first kappa shape index (κ1) is 23.3. The number of nitrogens with one attached hydrogen (secondary N) is 3. The molecule has 0 bridgehead atoms. The summed E-state index contributed by atoms with van der Waals surface area (Å²) in [5.74, 6) is -1.14. The van der Waals surface area contributed by atoms with Crippen molar-refractivity contribution in [2.24, 2.45) is 5.92 Å². The van der Waals surface area contributed by atoms with Crippen LogP contribution in [0.15, 0.2) is 61.2 Å². The largest absolute Gasteiger partial charge is 0.336 e. The number of anilines is 1. The Morgan fingerprint density at radius 3 is 2.66 bits per heavy atom. The summed E-state index contributed by atoms with van der Waals surface area (Å²) in [7, 11) is 0. The van der Waals surface area contributed by atoms with Gasteiger partial charge >= 0.3 is 0 Å². The lowest BCUT2D eigenvalue weighted by molar-refractivity contribution is -0.118. The van der Waals surface area contributed by atoms with Crippen LogP contribution in [0.1, 0.15) is 13.8 Å². The van der Waals surface area contributed by atoms with Crippen LogP contribution in [0.4, 0.5) is 14.5 Å². The van der Waals surface area contributed by atoms with Crippen LogP contribution in [-0.2, 0) is 4.79 Å². The van der Waals surface area contributed by atoms with Crippen LogP contribution >= 0.6 is 0 Å². The number of halogens is 2. The highest BCUT2D eigenvalue weighted by Crippen LogP contribution is 2.34. The number of carbonyl (C=O) groups excluding carboxylic acids is 1. The van der Waals surface area contributed by atoms with Gasteiger partial charge in [-0.3, -0.25) is 19.9 Å². The van der Waals surface area contributed by atoms with Crippen LogP contribution < -0.4 is 5.32 Å². The fourth-order valence-corrected chi connectivity index (χ4v) is 4.17. The van der Waals surface area contributed by atoms with E-state index in [0.717, 1.165) is 0 Å². The molecule has 1 aromatic carbocycles. The minimum absolute atomic E-state index is 0.124. The van der Waals surface area contributed by atoms with Crippen molar-refractivity contribution >= 4 is 33.7 Å². The van der Waals surface area contributed by atoms with Crippen molar-refractivity contribution in [3.63, 3.8) is 0 Å². The molecule has 6 aromatic rings. The van der Waals surface area contributed by atoms with E-state index in [4.69, 9.17) is 0 Å². The average Bonchev–Trinajstić information content (AvgIpc) is 3.54. The van der Waals surface area contributed by atoms with Crippen molar-refractivity contribution in [3.8, 4) is 33.9 Å². The van der Waals surface area contributed by atoms with Gasteiger partial charge in [0.25, 0.3) is 0 Å². The van der Waals surface area contributed by atoms with Gasteiger partial charge in [0.15, 0.2) is 11.5 Å². The van der Waals surface area contributed by atoms with E-state index in [-0.39, 0.29) is 39.9 Å². The Bertz CT molecular complexity index is 1840. The molecule has 0 fully saturated rings. The minimum Gasteiger partial charge on any atom is -0.336 e. The number of aromatic nitrogens is 7. The molecule has 0 radical (unpaired) electrons. The molecule has 5 aromatic heterocycles. The second-order valence-electron chi connectivity index (χ2n) is 9.01. The monoisotopic (exact) mass is 510 g/mol. The molecule has 1 amide bonds. The summed E-state index contributed by atoms with van der Waals surface area (Å²) >= 11 is 0. The highest BCUT2D eigenvalue weighted by atomic mass is 19.1. The number of pyridine rings is 3. The predicted octanol–water partition coefficient (Wildman–Crippen LogP) is 5.50. The summed E-state index contributed by atoms with van der Waals surface area (Å²) in [5.41, 5.74) is 3.16. The molecule has 0 atom stereocenters. The van der Waals surface area contributed by atoms with Gasteiger partial charge in [-0.2, -0.15) is 5.10 Å². The van der Waals surface area contributed by atoms with E-state index in [1.54, 1.807) is 50.4 Å². The van der Waals surface area contributed by atoms with E-state index in [2.05, 4.69) is 40.4 Å². The number of hydrogen-bond donors (Lipinski definition) is 3. The third-order valence-corrected chi connectivity index (χ3v) is 6.12. The molecule has 3 N–H and O–H groups in total. The fourth-order valence-electron chi connectivity index (χ4n) is 4.17. The zero-order valence-electron chi connectivity index (χ0n) is 20.3. The number of aromatic amines is 2. The van der Waals surface area contributed by atoms with Gasteiger partial charge in [-0.25, -0.2) is 18.7 Å². The van der Waals surface area contributed by atoms with E-state index in [1.165, 1.54) is 24.7 Å². The first-order valence-electron chi connectivity index (χ1n) is 11.8. The summed E-state index contributed by atoms with van der Waals surface area (Å²) in [6.45, 7) is 3.55. The molecule has 0 aliphatic carbocycles. The maximum atomic E-state index is 16.0. The number of H-pyrrole nitrogens is 2. The predicted molar refractivity (Wildman–Crippen MR) is 139 cm³/mol. The van der Waals surface area contributed by atoms with E-state index in [9.17, 15) is 9.18 Å². The van der Waals surface area contributed by atoms with E-state index < -0.39 is 11.6 Å². The number of hydrogen-bond acceptors (Lipinski definition) is 6. The molecular weight excluding hydrogens is 490 g/mol. The standard InChI is InChI=1S/C27H20F2N8O/c1-13(2)27(38)33-15-9-14(10-30-11-15)17-12-32-25-20(21(17)29)24(36-37-25)26-34-19-7-8-31-22(23(19)35-26)16-5-3-4-6-18(16)28/h3-13H,1-2H3,(H,33,38)(H,34,35)(H,32,36,37). The van der Waals surface area contributed by atoms with Gasteiger partial charge in [-0.15, -0.1) is 0 Å². The minimum atomic E-state index is -0.583. The SMILES string of the molecule is CC(C)C(=O)Nc1cncc(-c2cnc3[nH]nc(-c4nc5c(-c6ccccc6F)nccc5[nH]4)c3c2F)c1. The third kappa shape index (κ3) is 3.94. The Balaban J connectivity index is 1.46. The number of carbonyl (C=O) groups is 1. The lowest BCUT2D eigenvalue weighted by Crippen LogP contribution is -2.17. The molecule has 5 heterocycles. The van der Waals surface area contributed by atoms with Crippen molar-refractivity contribution < 1.29 is 13.6 Å². The zero-order chi connectivity index (χ0) is 26.4. The van der Waals surface area contributed by atoms with Gasteiger partial charge in [0.1, 0.15) is 28.5 Å². The van der Waals surface area contributed by atoms with Crippen molar-refractivity contribution in [2.75, 3.05) is 5.32 Å². The first-order valence-corrected chi connectivity index (χ1v) is 11.8. The van der Waals surface area contributed by atoms with Gasteiger partial charge in [-0.1, -0.05) is 26.0 Å². The van der Waals surface area contributed by atoms with Gasteiger partial charge in [-0.05, 0) is 24.3 Å². The second kappa shape index (κ2) is 9.11. The number of fused-ring (bicyclic) bond motifs is 2. The number of imidazole rings is 1. The Morgan fingerprint density at radius 1 is 1.00 bits per heavy atom. The van der Waals surface area contributed by atoms with Crippen molar-refractivity contribution in [1.82, 2.24) is 35.1 Å². The van der Waals surface area contributed by atoms with Crippen molar-refractivity contribution in [1.29, 1.82) is 0 Å². The molecule has 0 saturated heterocycles. The molecule has 0 spiro atoms. The van der Waals surface area contributed by atoms with E-state index >= 15 is 4.39 Å². The van der Waals surface area contributed by atoms with Crippen LogP contribution in [0.25, 0.3) is 56.0 Å². The van der Waals surface area contributed by atoms with Crippen molar-refractivity contribution in [2.45, 2.75) is 13.8 Å². The average molecular weight is 511 g/mol. The maximum Gasteiger partial charge on any atom is 0.226 e. The molecule has 11 heteroatoms. The molecule has 9 nitrogen and oxygen atoms in total. The second-order valence-corrected chi connectivity index (χ2v) is 9.01. The van der Waals surface area contributed by atoms with Crippen LogP contribution in [-0.4, -0.2) is 41.0 Å². The quantitative estimate of drug-likeness (QED) is 0.281. The third-order valence-electron chi connectivity index (χ3n) is 6.12. The van der Waals surface area contributed by atoms with Gasteiger partial charge < -0.3 is 10.3 Å². The molecule has 0 saturated carbocycles. The summed E-state index contributed by atoms with van der Waals surface area (Å²) in [4.78, 5) is 32.7. The smallest absolute Gasteiger partial charge is 0.226 e. The zero-order valence-corrected chi connectivity index (χ0v) is 20.3. The Hall–Kier alpha value is -5.06. The molecule has 188 valence electrons. The number of benzene rings is 1. The molecular formula is C27H20F2N8O. The molecule has 0 unspecified atom stereocenters. The van der Waals surface area contributed by atoms with E-state index in [1.807, 2.05) is 0 Å². The number of rotatable bonds is 5. The number of amides is 1. The Labute approximate surface area is 214 Å². The normalized spacial score (nSPS) is 11.5. The summed E-state index contributed by atoms with van der Waals surface area (Å²) in [6, 6.07) is 9.62. The number of nitrogens with zero attached hydrogens (tertiary/aromatic N) is 5. The highest BCUT2D eigenvalue weighted by Gasteiger charge is 2.22. The van der Waals surface area contributed by atoms with Crippen LogP contribution in [0, 0.1) is 17.6 Å².